The molecular weight excluding hydrogens is 150 g/mol. The third kappa shape index (κ3) is 1.97. The van der Waals surface area contributed by atoms with Crippen molar-refractivity contribution >= 4 is 0 Å². The van der Waals surface area contributed by atoms with Crippen LogP contribution in [-0.2, 0) is 0 Å². The second-order valence-electron chi connectivity index (χ2n) is 3.84. The van der Waals surface area contributed by atoms with Gasteiger partial charge in [0.25, 0.3) is 0 Å². The van der Waals surface area contributed by atoms with Crippen LogP contribution in [-0.4, -0.2) is 37.6 Å². The van der Waals surface area contributed by atoms with E-state index in [9.17, 15) is 0 Å². The van der Waals surface area contributed by atoms with Gasteiger partial charge in [-0.15, -0.1) is 0 Å². The van der Waals surface area contributed by atoms with E-state index in [1.165, 1.54) is 25.9 Å². The Morgan fingerprint density at radius 1 is 1.17 bits per heavy atom. The molecule has 1 aliphatic rings. The van der Waals surface area contributed by atoms with Gasteiger partial charge in [-0.05, 0) is 51.0 Å². The summed E-state index contributed by atoms with van der Waals surface area (Å²) in [6.07, 6.45) is 2.35. The maximum absolute atomic E-state index is 5.74. The molecule has 4 N–H and O–H groups in total. The molecule has 0 bridgehead atoms. The minimum Gasteiger partial charge on any atom is -0.330 e. The molecule has 0 aromatic rings. The molecule has 1 fully saturated rings. The summed E-state index contributed by atoms with van der Waals surface area (Å²) in [4.78, 5) is 2.46. The van der Waals surface area contributed by atoms with Gasteiger partial charge in [-0.25, -0.2) is 0 Å². The number of nitrogens with two attached hydrogens (primary N) is 2. The first kappa shape index (κ1) is 9.96. The predicted molar refractivity (Wildman–Crippen MR) is 51.9 cm³/mol. The summed E-state index contributed by atoms with van der Waals surface area (Å²) in [6, 6.07) is 0. The number of rotatable bonds is 3. The summed E-state index contributed by atoms with van der Waals surface area (Å²) in [6.45, 7) is 7.21. The van der Waals surface area contributed by atoms with Crippen molar-refractivity contribution in [3.8, 4) is 0 Å². The first-order valence-electron chi connectivity index (χ1n) is 4.89. The van der Waals surface area contributed by atoms with E-state index in [1.807, 2.05) is 0 Å². The first-order valence-corrected chi connectivity index (χ1v) is 4.89. The number of likely N-dealkylation sites (tertiary alicyclic amines) is 1. The van der Waals surface area contributed by atoms with Crippen molar-refractivity contribution in [1.82, 2.24) is 4.90 Å². The molecule has 12 heavy (non-hydrogen) atoms. The summed E-state index contributed by atoms with van der Waals surface area (Å²) in [5, 5.41) is 0. The van der Waals surface area contributed by atoms with Gasteiger partial charge in [0.1, 0.15) is 0 Å². The van der Waals surface area contributed by atoms with E-state index in [0.29, 0.717) is 0 Å². The van der Waals surface area contributed by atoms with E-state index in [-0.39, 0.29) is 5.41 Å². The maximum Gasteiger partial charge on any atom is -0.000748 e. The molecule has 1 saturated heterocycles. The molecule has 0 aromatic carbocycles. The Morgan fingerprint density at radius 3 is 2.00 bits per heavy atom. The molecule has 72 valence electrons. The molecule has 3 nitrogen and oxygen atoms in total. The Kier molecular flexibility index (Phi) is 3.50. The average molecular weight is 171 g/mol. The molecule has 0 unspecified atom stereocenters. The fourth-order valence-corrected chi connectivity index (χ4v) is 1.84. The SMILES string of the molecule is CCN1CCC(CN)(CN)CC1. The van der Waals surface area contributed by atoms with Gasteiger partial charge in [0.05, 0.1) is 0 Å². The van der Waals surface area contributed by atoms with E-state index in [0.717, 1.165) is 19.6 Å². The van der Waals surface area contributed by atoms with Crippen LogP contribution in [0, 0.1) is 5.41 Å². The second kappa shape index (κ2) is 4.21. The number of hydrogen-bond acceptors (Lipinski definition) is 3. The predicted octanol–water partition coefficient (Wildman–Crippen LogP) is 0.00590. The monoisotopic (exact) mass is 171 g/mol. The number of hydrogen-bond donors (Lipinski definition) is 2. The van der Waals surface area contributed by atoms with Crippen LogP contribution in [0.2, 0.25) is 0 Å². The highest BCUT2D eigenvalue weighted by molar-refractivity contribution is 4.87. The van der Waals surface area contributed by atoms with Crippen molar-refractivity contribution < 1.29 is 0 Å². The lowest BCUT2D eigenvalue weighted by atomic mass is 9.78. The molecule has 0 amide bonds. The van der Waals surface area contributed by atoms with Crippen LogP contribution in [0.1, 0.15) is 19.8 Å². The minimum absolute atomic E-state index is 0.256. The molecule has 0 aliphatic carbocycles. The summed E-state index contributed by atoms with van der Waals surface area (Å²) in [5.74, 6) is 0. The van der Waals surface area contributed by atoms with Crippen LogP contribution in [0.25, 0.3) is 0 Å². The first-order chi connectivity index (χ1) is 5.76. The summed E-state index contributed by atoms with van der Waals surface area (Å²) < 4.78 is 0. The lowest BCUT2D eigenvalue weighted by Crippen LogP contribution is -2.47. The third-order valence-electron chi connectivity index (χ3n) is 3.23. The lowest BCUT2D eigenvalue weighted by molar-refractivity contribution is 0.120. The number of nitrogens with zero attached hydrogens (tertiary/aromatic N) is 1. The Morgan fingerprint density at radius 2 is 1.67 bits per heavy atom. The van der Waals surface area contributed by atoms with Gasteiger partial charge in [0.15, 0.2) is 0 Å². The van der Waals surface area contributed by atoms with Crippen molar-refractivity contribution in [2.45, 2.75) is 19.8 Å². The van der Waals surface area contributed by atoms with Crippen molar-refractivity contribution in [3.63, 3.8) is 0 Å². The fourth-order valence-electron chi connectivity index (χ4n) is 1.84. The highest BCUT2D eigenvalue weighted by Gasteiger charge is 2.31. The molecule has 0 saturated carbocycles. The van der Waals surface area contributed by atoms with Crippen LogP contribution in [0.5, 0.6) is 0 Å². The summed E-state index contributed by atoms with van der Waals surface area (Å²) in [5.41, 5.74) is 11.7. The Bertz CT molecular complexity index is 122. The minimum atomic E-state index is 0.256. The van der Waals surface area contributed by atoms with Crippen molar-refractivity contribution in [1.29, 1.82) is 0 Å². The van der Waals surface area contributed by atoms with E-state index in [4.69, 9.17) is 11.5 Å². The molecular formula is C9H21N3. The summed E-state index contributed by atoms with van der Waals surface area (Å²) >= 11 is 0. The molecule has 0 spiro atoms. The van der Waals surface area contributed by atoms with E-state index >= 15 is 0 Å². The fraction of sp³-hybridized carbons (Fsp3) is 1.00. The molecule has 1 heterocycles. The van der Waals surface area contributed by atoms with E-state index < -0.39 is 0 Å². The van der Waals surface area contributed by atoms with Gasteiger partial charge >= 0.3 is 0 Å². The lowest BCUT2D eigenvalue weighted by Gasteiger charge is -2.40. The average Bonchev–Trinajstić information content (AvgIpc) is 2.18. The zero-order valence-electron chi connectivity index (χ0n) is 8.05. The zero-order valence-corrected chi connectivity index (χ0v) is 8.05. The molecule has 1 rings (SSSR count). The largest absolute Gasteiger partial charge is 0.330 e. The second-order valence-corrected chi connectivity index (χ2v) is 3.84. The maximum atomic E-state index is 5.74. The number of piperidine rings is 1. The van der Waals surface area contributed by atoms with E-state index in [2.05, 4.69) is 11.8 Å². The van der Waals surface area contributed by atoms with Gasteiger partial charge < -0.3 is 16.4 Å². The smallest absolute Gasteiger partial charge is 0.000748 e. The quantitative estimate of drug-likeness (QED) is 0.629. The highest BCUT2D eigenvalue weighted by Crippen LogP contribution is 2.28. The van der Waals surface area contributed by atoms with Gasteiger partial charge in [-0.1, -0.05) is 6.92 Å². The Hall–Kier alpha value is -0.120. The molecule has 1 aliphatic heterocycles. The van der Waals surface area contributed by atoms with Gasteiger partial charge in [-0.2, -0.15) is 0 Å². The normalized spacial score (nSPS) is 24.2. The highest BCUT2D eigenvalue weighted by atomic mass is 15.1. The van der Waals surface area contributed by atoms with Crippen LogP contribution in [0.3, 0.4) is 0 Å². The van der Waals surface area contributed by atoms with Gasteiger partial charge in [0.2, 0.25) is 0 Å². The van der Waals surface area contributed by atoms with Crippen molar-refractivity contribution in [3.05, 3.63) is 0 Å². The van der Waals surface area contributed by atoms with Gasteiger partial charge in [0, 0.05) is 0 Å². The van der Waals surface area contributed by atoms with Crippen LogP contribution in [0.15, 0.2) is 0 Å². The molecule has 0 atom stereocenters. The summed E-state index contributed by atoms with van der Waals surface area (Å²) in [7, 11) is 0. The molecule has 3 heteroatoms. The Labute approximate surface area is 75.1 Å². The topological polar surface area (TPSA) is 55.3 Å². The van der Waals surface area contributed by atoms with Crippen LogP contribution in [0.4, 0.5) is 0 Å². The van der Waals surface area contributed by atoms with Crippen molar-refractivity contribution in [2.75, 3.05) is 32.7 Å². The van der Waals surface area contributed by atoms with Crippen LogP contribution >= 0.6 is 0 Å². The standard InChI is InChI=1S/C9H21N3/c1-2-12-5-3-9(7-10,8-11)4-6-12/h2-8,10-11H2,1H3. The molecule has 0 aromatic heterocycles. The Balaban J connectivity index is 2.42. The molecule has 0 radical (unpaired) electrons. The van der Waals surface area contributed by atoms with Gasteiger partial charge in [-0.3, -0.25) is 0 Å². The zero-order chi connectivity index (χ0) is 9.03. The third-order valence-corrected chi connectivity index (χ3v) is 3.23. The van der Waals surface area contributed by atoms with Crippen LogP contribution < -0.4 is 11.5 Å². The van der Waals surface area contributed by atoms with Crippen molar-refractivity contribution in [2.24, 2.45) is 16.9 Å². The van der Waals surface area contributed by atoms with E-state index in [1.54, 1.807) is 0 Å².